The second-order valence-corrected chi connectivity index (χ2v) is 6.13. The lowest BCUT2D eigenvalue weighted by atomic mass is 10.1. The Morgan fingerprint density at radius 2 is 1.89 bits per heavy atom. The fourth-order valence-corrected chi connectivity index (χ4v) is 2.95. The number of hydrogen-bond donors (Lipinski definition) is 2. The molecule has 0 aliphatic rings. The maximum atomic E-state index is 12.8. The van der Waals surface area contributed by atoms with Gasteiger partial charge >= 0.3 is 0 Å². The molecule has 0 aliphatic heterocycles. The number of aromatic nitrogens is 4. The summed E-state index contributed by atoms with van der Waals surface area (Å²) in [4.78, 5) is 35.9. The van der Waals surface area contributed by atoms with Crippen molar-refractivity contribution < 1.29 is 4.79 Å². The number of rotatable bonds is 5. The Balaban J connectivity index is 1.64. The van der Waals surface area contributed by atoms with Gasteiger partial charge < -0.3 is 14.9 Å². The van der Waals surface area contributed by atoms with Gasteiger partial charge in [0.1, 0.15) is 0 Å². The van der Waals surface area contributed by atoms with Crippen molar-refractivity contribution in [1.82, 2.24) is 24.8 Å². The highest BCUT2D eigenvalue weighted by Crippen LogP contribution is 2.16. The molecule has 7 heteroatoms. The number of nitrogens with zero attached hydrogens (tertiary/aromatic N) is 3. The van der Waals surface area contributed by atoms with E-state index in [9.17, 15) is 9.59 Å². The van der Waals surface area contributed by atoms with Crippen LogP contribution in [-0.4, -0.2) is 25.4 Å². The first-order valence-electron chi connectivity index (χ1n) is 8.51. The molecular formula is C20H17N5O2. The monoisotopic (exact) mass is 359 g/mol. The number of carbonyl (C=O) groups excluding carboxylic acids is 1. The van der Waals surface area contributed by atoms with Crippen LogP contribution in [0.15, 0.2) is 78.1 Å². The van der Waals surface area contributed by atoms with Gasteiger partial charge in [-0.25, -0.2) is 9.97 Å². The summed E-state index contributed by atoms with van der Waals surface area (Å²) in [5, 5.41) is 3.41. The largest absolute Gasteiger partial charge is 0.341 e. The molecular weight excluding hydrogens is 342 g/mol. The van der Waals surface area contributed by atoms with E-state index in [2.05, 4.69) is 20.3 Å². The van der Waals surface area contributed by atoms with Gasteiger partial charge in [-0.05, 0) is 17.7 Å². The Bertz CT molecular complexity index is 1120. The van der Waals surface area contributed by atoms with E-state index in [1.807, 2.05) is 41.1 Å². The van der Waals surface area contributed by atoms with Crippen molar-refractivity contribution in [3.63, 3.8) is 0 Å². The molecule has 7 nitrogen and oxygen atoms in total. The molecule has 2 aromatic carbocycles. The molecule has 1 atom stereocenters. The first-order chi connectivity index (χ1) is 13.2. The summed E-state index contributed by atoms with van der Waals surface area (Å²) < 4.78 is 1.88. The summed E-state index contributed by atoms with van der Waals surface area (Å²) in [7, 11) is 0. The molecule has 4 aromatic rings. The lowest BCUT2D eigenvalue weighted by Gasteiger charge is -2.19. The van der Waals surface area contributed by atoms with Gasteiger partial charge in [-0.2, -0.15) is 0 Å². The van der Waals surface area contributed by atoms with Gasteiger partial charge in [0.25, 0.3) is 11.5 Å². The number of imidazole rings is 1. The Hall–Kier alpha value is -3.74. The molecule has 0 aliphatic carbocycles. The zero-order valence-corrected chi connectivity index (χ0v) is 14.4. The number of hydrogen-bond acceptors (Lipinski definition) is 4. The topological polar surface area (TPSA) is 92.7 Å². The molecule has 134 valence electrons. The normalized spacial score (nSPS) is 12.0. The molecule has 0 saturated heterocycles. The van der Waals surface area contributed by atoms with E-state index < -0.39 is 5.91 Å². The second-order valence-electron chi connectivity index (χ2n) is 6.13. The van der Waals surface area contributed by atoms with Crippen molar-refractivity contribution in [2.75, 3.05) is 0 Å². The Morgan fingerprint density at radius 3 is 2.67 bits per heavy atom. The molecule has 0 radical (unpaired) electrons. The average Bonchev–Trinajstić information content (AvgIpc) is 3.21. The smallest absolute Gasteiger partial charge is 0.287 e. The Labute approximate surface area is 154 Å². The van der Waals surface area contributed by atoms with E-state index in [0.29, 0.717) is 17.4 Å². The van der Waals surface area contributed by atoms with Crippen molar-refractivity contribution in [2.24, 2.45) is 0 Å². The van der Waals surface area contributed by atoms with E-state index in [4.69, 9.17) is 0 Å². The number of aromatic amines is 1. The fraction of sp³-hybridized carbons (Fsp3) is 0.100. The van der Waals surface area contributed by atoms with E-state index in [1.165, 1.54) is 0 Å². The molecule has 0 bridgehead atoms. The minimum atomic E-state index is -0.438. The first kappa shape index (κ1) is 16.7. The molecule has 4 rings (SSSR count). The number of carbonyl (C=O) groups is 1. The van der Waals surface area contributed by atoms with Crippen LogP contribution in [-0.2, 0) is 6.54 Å². The minimum Gasteiger partial charge on any atom is -0.341 e. The maximum absolute atomic E-state index is 12.8. The third kappa shape index (κ3) is 3.62. The van der Waals surface area contributed by atoms with Crippen molar-refractivity contribution >= 4 is 16.8 Å². The molecule has 2 heterocycles. The van der Waals surface area contributed by atoms with Crippen LogP contribution in [0.4, 0.5) is 0 Å². The predicted octanol–water partition coefficient (Wildman–Crippen LogP) is 2.29. The molecule has 0 fully saturated rings. The maximum Gasteiger partial charge on any atom is 0.287 e. The van der Waals surface area contributed by atoms with Crippen molar-refractivity contribution in [3.8, 4) is 0 Å². The summed E-state index contributed by atoms with van der Waals surface area (Å²) in [6, 6.07) is 16.3. The number of nitrogens with one attached hydrogen (secondary N) is 2. The summed E-state index contributed by atoms with van der Waals surface area (Å²) in [6.45, 7) is 0.508. The lowest BCUT2D eigenvalue weighted by molar-refractivity contribution is 0.0922. The van der Waals surface area contributed by atoms with Crippen LogP contribution >= 0.6 is 0 Å². The highest BCUT2D eigenvalue weighted by atomic mass is 16.2. The number of H-pyrrole nitrogens is 1. The van der Waals surface area contributed by atoms with Crippen LogP contribution in [0, 0.1) is 0 Å². The standard InChI is InChI=1S/C20H17N5O2/c26-19-15-8-4-5-9-16(15)22-18(24-19)20(27)23-17(12-25-11-10-21-13-25)14-6-2-1-3-7-14/h1-11,13,17H,12H2,(H,23,27)(H,22,24,26). The van der Waals surface area contributed by atoms with Crippen molar-refractivity contribution in [1.29, 1.82) is 0 Å². The highest BCUT2D eigenvalue weighted by molar-refractivity contribution is 5.92. The predicted molar refractivity (Wildman–Crippen MR) is 101 cm³/mol. The Morgan fingerprint density at radius 1 is 1.11 bits per heavy atom. The van der Waals surface area contributed by atoms with E-state index in [1.54, 1.807) is 36.8 Å². The van der Waals surface area contributed by atoms with Crippen LogP contribution in [0.25, 0.3) is 10.9 Å². The van der Waals surface area contributed by atoms with Crippen LogP contribution in [0.5, 0.6) is 0 Å². The number of fused-ring (bicyclic) bond motifs is 1. The molecule has 0 saturated carbocycles. The van der Waals surface area contributed by atoms with E-state index in [0.717, 1.165) is 5.56 Å². The number of benzene rings is 2. The van der Waals surface area contributed by atoms with Gasteiger partial charge in [-0.3, -0.25) is 9.59 Å². The third-order valence-electron chi connectivity index (χ3n) is 4.29. The van der Waals surface area contributed by atoms with Gasteiger partial charge in [-0.15, -0.1) is 0 Å². The van der Waals surface area contributed by atoms with Crippen LogP contribution in [0.1, 0.15) is 22.2 Å². The summed E-state index contributed by atoms with van der Waals surface area (Å²) >= 11 is 0. The Kier molecular flexibility index (Phi) is 4.49. The van der Waals surface area contributed by atoms with Crippen molar-refractivity contribution in [2.45, 2.75) is 12.6 Å². The number of para-hydroxylation sites is 1. The zero-order chi connectivity index (χ0) is 18.6. The number of amides is 1. The third-order valence-corrected chi connectivity index (χ3v) is 4.29. The summed E-state index contributed by atoms with van der Waals surface area (Å²) in [6.07, 6.45) is 5.21. The second kappa shape index (κ2) is 7.25. The van der Waals surface area contributed by atoms with Crippen LogP contribution in [0.3, 0.4) is 0 Å². The molecule has 27 heavy (non-hydrogen) atoms. The fourth-order valence-electron chi connectivity index (χ4n) is 2.95. The first-order valence-corrected chi connectivity index (χ1v) is 8.51. The van der Waals surface area contributed by atoms with Crippen LogP contribution in [0.2, 0.25) is 0 Å². The quantitative estimate of drug-likeness (QED) is 0.572. The zero-order valence-electron chi connectivity index (χ0n) is 14.4. The SMILES string of the molecule is O=C(NC(Cn1ccnc1)c1ccccc1)c1nc2ccccc2c(=O)[nH]1. The summed E-state index contributed by atoms with van der Waals surface area (Å²) in [5.41, 5.74) is 1.09. The lowest BCUT2D eigenvalue weighted by Crippen LogP contribution is -2.33. The minimum absolute atomic E-state index is 0.00902. The summed E-state index contributed by atoms with van der Waals surface area (Å²) in [5.74, 6) is -0.447. The molecule has 2 aromatic heterocycles. The molecule has 2 N–H and O–H groups in total. The molecule has 1 amide bonds. The van der Waals surface area contributed by atoms with Gasteiger partial charge in [0, 0.05) is 18.9 Å². The van der Waals surface area contributed by atoms with Gasteiger partial charge in [0.2, 0.25) is 0 Å². The van der Waals surface area contributed by atoms with Gasteiger partial charge in [-0.1, -0.05) is 42.5 Å². The molecule has 1 unspecified atom stereocenters. The molecule has 0 spiro atoms. The average molecular weight is 359 g/mol. The van der Waals surface area contributed by atoms with E-state index >= 15 is 0 Å². The highest BCUT2D eigenvalue weighted by Gasteiger charge is 2.18. The van der Waals surface area contributed by atoms with E-state index in [-0.39, 0.29) is 17.4 Å². The van der Waals surface area contributed by atoms with Crippen molar-refractivity contribution in [3.05, 3.63) is 95.1 Å². The van der Waals surface area contributed by atoms with Gasteiger partial charge in [0.05, 0.1) is 23.3 Å². The van der Waals surface area contributed by atoms with Gasteiger partial charge in [0.15, 0.2) is 5.82 Å². The van der Waals surface area contributed by atoms with Crippen LogP contribution < -0.4 is 10.9 Å².